The van der Waals surface area contributed by atoms with Crippen LogP contribution in [-0.2, 0) is 23.8 Å². The summed E-state index contributed by atoms with van der Waals surface area (Å²) < 4.78 is 15.6. The maximum atomic E-state index is 12.1. The predicted molar refractivity (Wildman–Crippen MR) is 76.3 cm³/mol. The SMILES string of the molecule is CCOC(=O)C1(COC(=O)c2ccccc2)CCC(=O)CO1. The van der Waals surface area contributed by atoms with Crippen LogP contribution < -0.4 is 0 Å². The molecule has 0 radical (unpaired) electrons. The van der Waals surface area contributed by atoms with Gasteiger partial charge in [0.2, 0.25) is 0 Å². The average molecular weight is 306 g/mol. The van der Waals surface area contributed by atoms with Crippen LogP contribution in [-0.4, -0.2) is 43.1 Å². The van der Waals surface area contributed by atoms with Crippen molar-refractivity contribution >= 4 is 17.7 Å². The number of ether oxygens (including phenoxy) is 3. The predicted octanol–water partition coefficient (Wildman–Crippen LogP) is 1.52. The van der Waals surface area contributed by atoms with Crippen molar-refractivity contribution in [2.75, 3.05) is 19.8 Å². The minimum Gasteiger partial charge on any atom is -0.464 e. The van der Waals surface area contributed by atoms with Gasteiger partial charge in [-0.25, -0.2) is 9.59 Å². The summed E-state index contributed by atoms with van der Waals surface area (Å²) >= 11 is 0. The zero-order valence-electron chi connectivity index (χ0n) is 12.4. The normalized spacial score (nSPS) is 21.2. The van der Waals surface area contributed by atoms with Gasteiger partial charge in [0, 0.05) is 6.42 Å². The van der Waals surface area contributed by atoms with Gasteiger partial charge >= 0.3 is 11.9 Å². The smallest absolute Gasteiger partial charge is 0.342 e. The number of hydrogen-bond donors (Lipinski definition) is 0. The van der Waals surface area contributed by atoms with Crippen LogP contribution >= 0.6 is 0 Å². The van der Waals surface area contributed by atoms with Gasteiger partial charge in [-0.2, -0.15) is 0 Å². The van der Waals surface area contributed by atoms with Crippen molar-refractivity contribution in [1.29, 1.82) is 0 Å². The Morgan fingerprint density at radius 1 is 1.23 bits per heavy atom. The molecule has 0 aliphatic carbocycles. The van der Waals surface area contributed by atoms with Gasteiger partial charge in [-0.15, -0.1) is 0 Å². The number of Topliss-reactive ketones (excluding diaryl/α,β-unsaturated/α-hetero) is 1. The zero-order chi connectivity index (χ0) is 16.0. The summed E-state index contributed by atoms with van der Waals surface area (Å²) in [7, 11) is 0. The van der Waals surface area contributed by atoms with Crippen molar-refractivity contribution in [3.8, 4) is 0 Å². The van der Waals surface area contributed by atoms with E-state index in [1.807, 2.05) is 0 Å². The third-order valence-electron chi connectivity index (χ3n) is 3.41. The van der Waals surface area contributed by atoms with Gasteiger partial charge in [-0.1, -0.05) is 18.2 Å². The van der Waals surface area contributed by atoms with Crippen molar-refractivity contribution in [1.82, 2.24) is 0 Å². The molecule has 1 fully saturated rings. The Morgan fingerprint density at radius 3 is 2.55 bits per heavy atom. The van der Waals surface area contributed by atoms with E-state index in [1.54, 1.807) is 37.3 Å². The van der Waals surface area contributed by atoms with Gasteiger partial charge in [0.05, 0.1) is 12.2 Å². The van der Waals surface area contributed by atoms with E-state index in [1.165, 1.54) is 0 Å². The highest BCUT2D eigenvalue weighted by molar-refractivity contribution is 5.90. The highest BCUT2D eigenvalue weighted by atomic mass is 16.6. The summed E-state index contributed by atoms with van der Waals surface area (Å²) in [4.78, 5) is 35.4. The monoisotopic (exact) mass is 306 g/mol. The highest BCUT2D eigenvalue weighted by Gasteiger charge is 2.46. The van der Waals surface area contributed by atoms with Crippen molar-refractivity contribution in [3.05, 3.63) is 35.9 Å². The number of ketones is 1. The van der Waals surface area contributed by atoms with Gasteiger partial charge < -0.3 is 14.2 Å². The molecule has 1 heterocycles. The lowest BCUT2D eigenvalue weighted by atomic mass is 9.94. The van der Waals surface area contributed by atoms with Crippen molar-refractivity contribution in [3.63, 3.8) is 0 Å². The fourth-order valence-corrected chi connectivity index (χ4v) is 2.14. The third-order valence-corrected chi connectivity index (χ3v) is 3.41. The molecule has 1 unspecified atom stereocenters. The fraction of sp³-hybridized carbons (Fsp3) is 0.438. The van der Waals surface area contributed by atoms with Crippen LogP contribution in [0.2, 0.25) is 0 Å². The van der Waals surface area contributed by atoms with Crippen LogP contribution in [0.5, 0.6) is 0 Å². The Balaban J connectivity index is 2.05. The number of hydrogen-bond acceptors (Lipinski definition) is 6. The number of esters is 2. The van der Waals surface area contributed by atoms with E-state index >= 15 is 0 Å². The lowest BCUT2D eigenvalue weighted by Crippen LogP contribution is -2.51. The van der Waals surface area contributed by atoms with Crippen LogP contribution in [0.4, 0.5) is 0 Å². The molecule has 0 aromatic heterocycles. The first-order chi connectivity index (χ1) is 10.6. The highest BCUT2D eigenvalue weighted by Crippen LogP contribution is 2.26. The number of carbonyl (C=O) groups excluding carboxylic acids is 3. The largest absolute Gasteiger partial charge is 0.464 e. The molecule has 2 rings (SSSR count). The summed E-state index contributed by atoms with van der Waals surface area (Å²) in [6.07, 6.45) is 0.342. The molecule has 1 aromatic rings. The first kappa shape index (κ1) is 16.2. The molecule has 0 saturated carbocycles. The van der Waals surface area contributed by atoms with Crippen LogP contribution in [0.15, 0.2) is 30.3 Å². The summed E-state index contributed by atoms with van der Waals surface area (Å²) in [5, 5.41) is 0. The Morgan fingerprint density at radius 2 is 1.95 bits per heavy atom. The zero-order valence-corrected chi connectivity index (χ0v) is 12.4. The minimum absolute atomic E-state index is 0.0886. The second kappa shape index (κ2) is 7.17. The van der Waals surface area contributed by atoms with Gasteiger partial charge in [0.1, 0.15) is 13.2 Å². The molecule has 0 amide bonds. The van der Waals surface area contributed by atoms with Crippen molar-refractivity contribution in [2.45, 2.75) is 25.4 Å². The van der Waals surface area contributed by atoms with Crippen LogP contribution in [0.25, 0.3) is 0 Å². The number of benzene rings is 1. The van der Waals surface area contributed by atoms with E-state index < -0.39 is 17.5 Å². The van der Waals surface area contributed by atoms with E-state index in [4.69, 9.17) is 14.2 Å². The lowest BCUT2D eigenvalue weighted by Gasteiger charge is -2.33. The molecule has 6 nitrogen and oxygen atoms in total. The minimum atomic E-state index is -1.39. The molecule has 1 aliphatic heterocycles. The molecular formula is C16H18O6. The Bertz CT molecular complexity index is 541. The second-order valence-electron chi connectivity index (χ2n) is 4.98. The maximum absolute atomic E-state index is 12.1. The van der Waals surface area contributed by atoms with Crippen LogP contribution in [0.3, 0.4) is 0 Å². The maximum Gasteiger partial charge on any atom is 0.342 e. The first-order valence-corrected chi connectivity index (χ1v) is 7.12. The standard InChI is InChI=1S/C16H18O6/c1-2-20-15(19)16(9-8-13(17)10-22-16)11-21-14(18)12-6-4-3-5-7-12/h3-7H,2,8-11H2,1H3. The first-order valence-electron chi connectivity index (χ1n) is 7.12. The summed E-state index contributed by atoms with van der Waals surface area (Å²) in [5.74, 6) is -1.25. The third kappa shape index (κ3) is 3.71. The van der Waals surface area contributed by atoms with Gasteiger partial charge in [-0.3, -0.25) is 4.79 Å². The quantitative estimate of drug-likeness (QED) is 0.768. The molecule has 0 spiro atoms. The molecule has 1 aromatic carbocycles. The molecule has 1 saturated heterocycles. The van der Waals surface area contributed by atoms with E-state index in [0.29, 0.717) is 5.56 Å². The van der Waals surface area contributed by atoms with Gasteiger partial charge in [0.15, 0.2) is 11.4 Å². The topological polar surface area (TPSA) is 78.9 Å². The summed E-state index contributed by atoms with van der Waals surface area (Å²) in [6, 6.07) is 8.45. The number of carbonyl (C=O) groups is 3. The van der Waals surface area contributed by atoms with E-state index in [9.17, 15) is 14.4 Å². The molecule has 118 valence electrons. The van der Waals surface area contributed by atoms with Crippen LogP contribution in [0.1, 0.15) is 30.1 Å². The van der Waals surface area contributed by atoms with Crippen molar-refractivity contribution in [2.24, 2.45) is 0 Å². The Kier molecular flexibility index (Phi) is 5.27. The second-order valence-corrected chi connectivity index (χ2v) is 4.98. The number of rotatable bonds is 5. The van der Waals surface area contributed by atoms with E-state index in [-0.39, 0.29) is 38.4 Å². The van der Waals surface area contributed by atoms with Crippen molar-refractivity contribution < 1.29 is 28.6 Å². The Labute approximate surface area is 128 Å². The van der Waals surface area contributed by atoms with Crippen LogP contribution in [0, 0.1) is 0 Å². The summed E-state index contributed by atoms with van der Waals surface area (Å²) in [5.41, 5.74) is -1.01. The molecule has 22 heavy (non-hydrogen) atoms. The summed E-state index contributed by atoms with van der Waals surface area (Å²) in [6.45, 7) is 1.41. The van der Waals surface area contributed by atoms with Gasteiger partial charge in [0.25, 0.3) is 0 Å². The molecular weight excluding hydrogens is 288 g/mol. The molecule has 0 N–H and O–H groups in total. The van der Waals surface area contributed by atoms with E-state index in [2.05, 4.69) is 0 Å². The Hall–Kier alpha value is -2.21. The molecule has 6 heteroatoms. The molecule has 1 atom stereocenters. The molecule has 1 aliphatic rings. The average Bonchev–Trinajstić information content (AvgIpc) is 2.55. The molecule has 0 bridgehead atoms. The van der Waals surface area contributed by atoms with Gasteiger partial charge in [-0.05, 0) is 25.5 Å². The van der Waals surface area contributed by atoms with E-state index in [0.717, 1.165) is 0 Å². The lowest BCUT2D eigenvalue weighted by molar-refractivity contribution is -0.185. The fourth-order valence-electron chi connectivity index (χ4n) is 2.14.